The molecule has 9 heteroatoms. The van der Waals surface area contributed by atoms with Crippen LogP contribution in [0.5, 0.6) is 0 Å². The summed E-state index contributed by atoms with van der Waals surface area (Å²) in [5.74, 6) is -0.414. The van der Waals surface area contributed by atoms with E-state index in [1.807, 2.05) is 18.2 Å². The highest BCUT2D eigenvalue weighted by Gasteiger charge is 2.30. The van der Waals surface area contributed by atoms with Gasteiger partial charge in [0.1, 0.15) is 12.2 Å². The molecule has 0 spiro atoms. The third-order valence-corrected chi connectivity index (χ3v) is 5.44. The van der Waals surface area contributed by atoms with Gasteiger partial charge in [-0.3, -0.25) is 19.0 Å². The second-order valence-electron chi connectivity index (χ2n) is 7.87. The van der Waals surface area contributed by atoms with Crippen molar-refractivity contribution >= 4 is 17.0 Å². The average molecular weight is 397 g/mol. The van der Waals surface area contributed by atoms with Crippen molar-refractivity contribution < 1.29 is 9.53 Å². The molecule has 0 bridgehead atoms. The van der Waals surface area contributed by atoms with Crippen LogP contribution in [-0.2, 0) is 34.6 Å². The molecule has 0 amide bonds. The number of para-hydroxylation sites is 1. The zero-order valence-electron chi connectivity index (χ0n) is 16.7. The number of hydrogen-bond acceptors (Lipinski definition) is 6. The first-order chi connectivity index (χ1) is 13.8. The summed E-state index contributed by atoms with van der Waals surface area (Å²) >= 11 is 0. The Morgan fingerprint density at radius 3 is 2.79 bits per heavy atom. The number of aromatic nitrogens is 5. The molecule has 0 unspecified atom stereocenters. The van der Waals surface area contributed by atoms with Gasteiger partial charge in [0.25, 0.3) is 0 Å². The summed E-state index contributed by atoms with van der Waals surface area (Å²) in [6.45, 7) is 6.86. The van der Waals surface area contributed by atoms with E-state index in [2.05, 4.69) is 24.2 Å². The van der Waals surface area contributed by atoms with Gasteiger partial charge in [-0.25, -0.2) is 4.68 Å². The molecule has 0 saturated heterocycles. The van der Waals surface area contributed by atoms with E-state index in [4.69, 9.17) is 4.74 Å². The fourth-order valence-electron chi connectivity index (χ4n) is 3.91. The van der Waals surface area contributed by atoms with Crippen molar-refractivity contribution in [2.24, 2.45) is 0 Å². The quantitative estimate of drug-likeness (QED) is 0.471. The number of esters is 1. The largest absolute Gasteiger partial charge is 0.465 e. The van der Waals surface area contributed by atoms with Gasteiger partial charge in [0.05, 0.1) is 30.4 Å². The molecule has 152 valence electrons. The van der Waals surface area contributed by atoms with Crippen molar-refractivity contribution in [1.29, 1.82) is 0 Å². The normalized spacial score (nSPS) is 14.9. The zero-order chi connectivity index (χ0) is 20.8. The minimum Gasteiger partial charge on any atom is -0.465 e. The average Bonchev–Trinajstić information content (AvgIpc) is 3.11. The van der Waals surface area contributed by atoms with Crippen molar-refractivity contribution in [3.05, 3.63) is 56.4 Å². The molecule has 1 aliphatic rings. The van der Waals surface area contributed by atoms with E-state index in [1.54, 1.807) is 17.7 Å². The SMILES string of the molecule is CCOC(=O)Cn1cc(Cn2c(=O)c(=O)n3c4c(cccc42)C(C)(C)CC3)nn1. The zero-order valence-corrected chi connectivity index (χ0v) is 16.7. The van der Waals surface area contributed by atoms with Crippen molar-refractivity contribution in [1.82, 2.24) is 24.1 Å². The Morgan fingerprint density at radius 1 is 1.24 bits per heavy atom. The van der Waals surface area contributed by atoms with Gasteiger partial charge in [0.15, 0.2) is 0 Å². The van der Waals surface area contributed by atoms with Crippen LogP contribution in [0.25, 0.3) is 11.0 Å². The molecule has 0 N–H and O–H groups in total. The Morgan fingerprint density at radius 2 is 2.03 bits per heavy atom. The fourth-order valence-corrected chi connectivity index (χ4v) is 3.91. The Bertz CT molecular complexity index is 1220. The van der Waals surface area contributed by atoms with Crippen LogP contribution in [-0.4, -0.2) is 36.7 Å². The van der Waals surface area contributed by atoms with Crippen LogP contribution in [0, 0.1) is 0 Å². The van der Waals surface area contributed by atoms with E-state index in [0.717, 1.165) is 17.5 Å². The van der Waals surface area contributed by atoms with E-state index in [9.17, 15) is 14.4 Å². The maximum Gasteiger partial charge on any atom is 0.327 e. The van der Waals surface area contributed by atoms with Crippen LogP contribution in [0.4, 0.5) is 0 Å². The molecule has 3 heterocycles. The number of benzene rings is 1. The van der Waals surface area contributed by atoms with E-state index in [-0.39, 0.29) is 25.1 Å². The minimum atomic E-state index is -0.589. The summed E-state index contributed by atoms with van der Waals surface area (Å²) in [7, 11) is 0. The third kappa shape index (κ3) is 3.26. The molecule has 1 aliphatic heterocycles. The van der Waals surface area contributed by atoms with Gasteiger partial charge in [-0.05, 0) is 30.4 Å². The second kappa shape index (κ2) is 6.98. The van der Waals surface area contributed by atoms with Gasteiger partial charge >= 0.3 is 17.1 Å². The Labute approximate surface area is 166 Å². The van der Waals surface area contributed by atoms with Crippen molar-refractivity contribution in [3.8, 4) is 0 Å². The van der Waals surface area contributed by atoms with Gasteiger partial charge in [0, 0.05) is 6.54 Å². The Kier molecular flexibility index (Phi) is 4.60. The first-order valence-corrected chi connectivity index (χ1v) is 9.63. The predicted molar refractivity (Wildman–Crippen MR) is 106 cm³/mol. The number of nitrogens with zero attached hydrogens (tertiary/aromatic N) is 5. The molecule has 0 atom stereocenters. The summed E-state index contributed by atoms with van der Waals surface area (Å²) < 4.78 is 9.30. The van der Waals surface area contributed by atoms with Gasteiger partial charge in [-0.2, -0.15) is 0 Å². The van der Waals surface area contributed by atoms with E-state index >= 15 is 0 Å². The summed E-state index contributed by atoms with van der Waals surface area (Å²) in [5.41, 5.74) is 1.83. The molecular formula is C20H23N5O4. The lowest BCUT2D eigenvalue weighted by Gasteiger charge is -2.33. The van der Waals surface area contributed by atoms with Crippen molar-refractivity contribution in [2.45, 2.75) is 52.2 Å². The van der Waals surface area contributed by atoms with Gasteiger partial charge in [-0.1, -0.05) is 31.2 Å². The topological polar surface area (TPSA) is 101 Å². The summed E-state index contributed by atoms with van der Waals surface area (Å²) in [6, 6.07) is 5.77. The maximum atomic E-state index is 12.8. The lowest BCUT2D eigenvalue weighted by molar-refractivity contribution is -0.144. The standard InChI is InChI=1S/C20H23N5O4/c1-4-29-16(26)12-23-10-13(21-22-23)11-25-15-7-5-6-14-17(15)24(18(27)19(25)28)9-8-20(14,2)3/h5-7,10H,4,8-9,11-12H2,1-3H3. The smallest absolute Gasteiger partial charge is 0.327 e. The molecule has 4 rings (SSSR count). The molecule has 0 aliphatic carbocycles. The number of hydrogen-bond donors (Lipinski definition) is 0. The molecular weight excluding hydrogens is 374 g/mol. The Hall–Kier alpha value is -3.23. The van der Waals surface area contributed by atoms with Crippen LogP contribution in [0.1, 0.15) is 38.4 Å². The predicted octanol–water partition coefficient (Wildman–Crippen LogP) is 1.05. The van der Waals surface area contributed by atoms with Crippen LogP contribution in [0.15, 0.2) is 34.0 Å². The van der Waals surface area contributed by atoms with Crippen molar-refractivity contribution in [3.63, 3.8) is 0 Å². The van der Waals surface area contributed by atoms with Gasteiger partial charge in [0.2, 0.25) is 0 Å². The number of aryl methyl sites for hydroxylation is 1. The fraction of sp³-hybridized carbons (Fsp3) is 0.450. The Balaban J connectivity index is 1.79. The number of carbonyl (C=O) groups excluding carboxylic acids is 1. The second-order valence-corrected chi connectivity index (χ2v) is 7.87. The molecule has 0 fully saturated rings. The van der Waals surface area contributed by atoms with Crippen LogP contribution >= 0.6 is 0 Å². The van der Waals surface area contributed by atoms with E-state index < -0.39 is 17.1 Å². The molecule has 3 aromatic rings. The van der Waals surface area contributed by atoms with E-state index in [1.165, 1.54) is 9.25 Å². The number of rotatable bonds is 5. The highest BCUT2D eigenvalue weighted by atomic mass is 16.5. The lowest BCUT2D eigenvalue weighted by Crippen LogP contribution is -2.44. The summed E-state index contributed by atoms with van der Waals surface area (Å²) in [6.07, 6.45) is 2.38. The molecule has 0 radical (unpaired) electrons. The molecule has 2 aromatic heterocycles. The van der Waals surface area contributed by atoms with Crippen LogP contribution in [0.2, 0.25) is 0 Å². The minimum absolute atomic E-state index is 0.0591. The van der Waals surface area contributed by atoms with Crippen LogP contribution < -0.4 is 11.1 Å². The van der Waals surface area contributed by atoms with Gasteiger partial charge < -0.3 is 9.30 Å². The highest BCUT2D eigenvalue weighted by Crippen LogP contribution is 2.36. The highest BCUT2D eigenvalue weighted by molar-refractivity contribution is 5.81. The first kappa shape index (κ1) is 19.1. The summed E-state index contributed by atoms with van der Waals surface area (Å²) in [5, 5.41) is 7.97. The number of ether oxygens (including phenoxy) is 1. The third-order valence-electron chi connectivity index (χ3n) is 5.44. The molecule has 0 saturated carbocycles. The molecule has 1 aromatic carbocycles. The molecule has 9 nitrogen and oxygen atoms in total. The first-order valence-electron chi connectivity index (χ1n) is 9.63. The van der Waals surface area contributed by atoms with Crippen molar-refractivity contribution in [2.75, 3.05) is 6.61 Å². The monoisotopic (exact) mass is 397 g/mol. The number of carbonyl (C=O) groups is 1. The summed E-state index contributed by atoms with van der Waals surface area (Å²) in [4.78, 5) is 37.2. The lowest BCUT2D eigenvalue weighted by atomic mass is 9.78. The maximum absolute atomic E-state index is 12.8. The molecule has 29 heavy (non-hydrogen) atoms. The van der Waals surface area contributed by atoms with Gasteiger partial charge in [-0.15, -0.1) is 5.10 Å². The van der Waals surface area contributed by atoms with Crippen LogP contribution in [0.3, 0.4) is 0 Å². The van der Waals surface area contributed by atoms with E-state index in [0.29, 0.717) is 17.8 Å².